The largest absolute Gasteiger partial charge is 0.342 e. The number of likely N-dealkylation sites (tertiary alicyclic amines) is 1. The number of aryl methyl sites for hydroxylation is 1. The molecule has 0 bridgehead atoms. The van der Waals surface area contributed by atoms with Crippen molar-refractivity contribution in [2.75, 3.05) is 45.8 Å². The summed E-state index contributed by atoms with van der Waals surface area (Å²) in [5, 5.41) is 2.96. The molecule has 1 atom stereocenters. The fourth-order valence-corrected chi connectivity index (χ4v) is 4.49. The molecule has 0 spiro atoms. The van der Waals surface area contributed by atoms with Crippen molar-refractivity contribution in [3.63, 3.8) is 0 Å². The molecule has 2 heterocycles. The van der Waals surface area contributed by atoms with Crippen LogP contribution in [0.15, 0.2) is 24.3 Å². The van der Waals surface area contributed by atoms with E-state index in [4.69, 9.17) is 0 Å². The first kappa shape index (κ1) is 24.2. The Labute approximate surface area is 192 Å². The maximum Gasteiger partial charge on any atom is 0.252 e. The van der Waals surface area contributed by atoms with Gasteiger partial charge in [0.2, 0.25) is 11.8 Å². The van der Waals surface area contributed by atoms with E-state index in [0.29, 0.717) is 38.3 Å². The lowest BCUT2D eigenvalue weighted by atomic mass is 10.0. The maximum absolute atomic E-state index is 13.2. The SMILES string of the molecule is Cc1ccccc1C(=O)N[C@@H](C(=O)N1CCN(CC(=O)N2CCCCCC2)CC1)C(C)C. The Hall–Kier alpha value is -2.41. The van der Waals surface area contributed by atoms with E-state index in [-0.39, 0.29) is 23.6 Å². The molecule has 1 aromatic carbocycles. The average Bonchev–Trinajstić information content (AvgIpc) is 3.07. The topological polar surface area (TPSA) is 73.0 Å². The van der Waals surface area contributed by atoms with E-state index in [1.54, 1.807) is 6.07 Å². The highest BCUT2D eigenvalue weighted by molar-refractivity contribution is 5.98. The molecule has 2 aliphatic rings. The van der Waals surface area contributed by atoms with Crippen molar-refractivity contribution in [2.24, 2.45) is 5.92 Å². The van der Waals surface area contributed by atoms with E-state index < -0.39 is 6.04 Å². The highest BCUT2D eigenvalue weighted by Gasteiger charge is 2.32. The van der Waals surface area contributed by atoms with Crippen LogP contribution in [0.25, 0.3) is 0 Å². The minimum absolute atomic E-state index is 0.0156. The summed E-state index contributed by atoms with van der Waals surface area (Å²) in [4.78, 5) is 44.7. The van der Waals surface area contributed by atoms with Gasteiger partial charge in [0.1, 0.15) is 6.04 Å². The molecule has 1 aromatic rings. The molecule has 0 aliphatic carbocycles. The van der Waals surface area contributed by atoms with Crippen LogP contribution in [-0.4, -0.2) is 84.3 Å². The lowest BCUT2D eigenvalue weighted by molar-refractivity contribution is -0.137. The van der Waals surface area contributed by atoms with E-state index in [0.717, 1.165) is 31.5 Å². The molecule has 7 nitrogen and oxygen atoms in total. The third-order valence-corrected chi connectivity index (χ3v) is 6.61. The van der Waals surface area contributed by atoms with Crippen LogP contribution in [0.2, 0.25) is 0 Å². The first-order valence-corrected chi connectivity index (χ1v) is 12.0. The molecule has 2 aliphatic heterocycles. The van der Waals surface area contributed by atoms with Gasteiger partial charge in [-0.25, -0.2) is 0 Å². The van der Waals surface area contributed by atoms with Crippen molar-refractivity contribution in [3.05, 3.63) is 35.4 Å². The van der Waals surface area contributed by atoms with E-state index in [1.807, 2.05) is 48.8 Å². The summed E-state index contributed by atoms with van der Waals surface area (Å²) in [6.45, 7) is 10.5. The summed E-state index contributed by atoms with van der Waals surface area (Å²) in [7, 11) is 0. The molecule has 1 N–H and O–H groups in total. The van der Waals surface area contributed by atoms with Gasteiger partial charge in [-0.1, -0.05) is 44.9 Å². The first-order chi connectivity index (χ1) is 15.4. The molecule has 32 heavy (non-hydrogen) atoms. The predicted octanol–water partition coefficient (Wildman–Crippen LogP) is 2.30. The standard InChI is InChI=1S/C25H38N4O3/c1-19(2)23(26-24(31)21-11-7-6-10-20(21)3)25(32)29-16-14-27(15-17-29)18-22(30)28-12-8-4-5-9-13-28/h6-7,10-11,19,23H,4-5,8-9,12-18H2,1-3H3,(H,26,31)/t23-/m1/s1. The Morgan fingerprint density at radius 1 is 0.875 bits per heavy atom. The molecule has 2 saturated heterocycles. The molecular formula is C25H38N4O3. The molecule has 0 unspecified atom stereocenters. The van der Waals surface area contributed by atoms with Gasteiger partial charge in [0.05, 0.1) is 6.54 Å². The Morgan fingerprint density at radius 2 is 1.50 bits per heavy atom. The number of hydrogen-bond acceptors (Lipinski definition) is 4. The second-order valence-electron chi connectivity index (χ2n) is 9.41. The zero-order chi connectivity index (χ0) is 23.1. The Kier molecular flexibility index (Phi) is 8.67. The summed E-state index contributed by atoms with van der Waals surface area (Å²) in [5.41, 5.74) is 1.49. The minimum Gasteiger partial charge on any atom is -0.342 e. The quantitative estimate of drug-likeness (QED) is 0.734. The summed E-state index contributed by atoms with van der Waals surface area (Å²) in [5.74, 6) is -0.0624. The van der Waals surface area contributed by atoms with Gasteiger partial charge in [-0.15, -0.1) is 0 Å². The Morgan fingerprint density at radius 3 is 2.09 bits per heavy atom. The third kappa shape index (κ3) is 6.31. The second kappa shape index (κ2) is 11.5. The van der Waals surface area contributed by atoms with Crippen LogP contribution < -0.4 is 5.32 Å². The van der Waals surface area contributed by atoms with Gasteiger partial charge in [0, 0.05) is 44.8 Å². The normalized spacial score (nSPS) is 18.9. The van der Waals surface area contributed by atoms with Crippen molar-refractivity contribution in [2.45, 2.75) is 52.5 Å². The van der Waals surface area contributed by atoms with E-state index >= 15 is 0 Å². The zero-order valence-corrected chi connectivity index (χ0v) is 19.8. The van der Waals surface area contributed by atoms with Crippen LogP contribution in [0.5, 0.6) is 0 Å². The van der Waals surface area contributed by atoms with E-state index in [1.165, 1.54) is 12.8 Å². The van der Waals surface area contributed by atoms with Gasteiger partial charge in [-0.3, -0.25) is 19.3 Å². The number of rotatable bonds is 6. The average molecular weight is 443 g/mol. The van der Waals surface area contributed by atoms with Gasteiger partial charge in [0.15, 0.2) is 0 Å². The minimum atomic E-state index is -0.563. The van der Waals surface area contributed by atoms with Crippen LogP contribution in [-0.2, 0) is 9.59 Å². The summed E-state index contributed by atoms with van der Waals surface area (Å²) >= 11 is 0. The molecule has 0 radical (unpaired) electrons. The Bertz CT molecular complexity index is 794. The summed E-state index contributed by atoms with van der Waals surface area (Å²) in [6.07, 6.45) is 4.61. The highest BCUT2D eigenvalue weighted by Crippen LogP contribution is 2.14. The number of piperazine rings is 1. The van der Waals surface area contributed by atoms with Crippen molar-refractivity contribution >= 4 is 17.7 Å². The third-order valence-electron chi connectivity index (χ3n) is 6.61. The number of nitrogens with one attached hydrogen (secondary N) is 1. The number of nitrogens with zero attached hydrogens (tertiary/aromatic N) is 3. The van der Waals surface area contributed by atoms with Gasteiger partial charge in [0.25, 0.3) is 5.91 Å². The molecule has 176 valence electrons. The fraction of sp³-hybridized carbons (Fsp3) is 0.640. The van der Waals surface area contributed by atoms with Crippen molar-refractivity contribution in [3.8, 4) is 0 Å². The molecule has 0 saturated carbocycles. The predicted molar refractivity (Wildman–Crippen MR) is 125 cm³/mol. The lowest BCUT2D eigenvalue weighted by Crippen LogP contribution is -2.57. The number of amides is 3. The molecule has 0 aromatic heterocycles. The van der Waals surface area contributed by atoms with Crippen LogP contribution in [0.4, 0.5) is 0 Å². The lowest BCUT2D eigenvalue weighted by Gasteiger charge is -2.37. The first-order valence-electron chi connectivity index (χ1n) is 12.0. The number of hydrogen-bond donors (Lipinski definition) is 1. The molecule has 3 rings (SSSR count). The molecular weight excluding hydrogens is 404 g/mol. The number of carbonyl (C=O) groups excluding carboxylic acids is 3. The van der Waals surface area contributed by atoms with E-state index in [2.05, 4.69) is 10.2 Å². The smallest absolute Gasteiger partial charge is 0.252 e. The highest BCUT2D eigenvalue weighted by atomic mass is 16.2. The monoisotopic (exact) mass is 442 g/mol. The number of benzene rings is 1. The second-order valence-corrected chi connectivity index (χ2v) is 9.41. The summed E-state index contributed by atoms with van der Waals surface area (Å²) < 4.78 is 0. The van der Waals surface area contributed by atoms with Gasteiger partial charge < -0.3 is 15.1 Å². The van der Waals surface area contributed by atoms with Crippen molar-refractivity contribution in [1.29, 1.82) is 0 Å². The van der Waals surface area contributed by atoms with E-state index in [9.17, 15) is 14.4 Å². The number of carbonyl (C=O) groups is 3. The maximum atomic E-state index is 13.2. The summed E-state index contributed by atoms with van der Waals surface area (Å²) in [6, 6.07) is 6.85. The van der Waals surface area contributed by atoms with Crippen LogP contribution in [0.3, 0.4) is 0 Å². The molecule has 2 fully saturated rings. The van der Waals surface area contributed by atoms with Crippen molar-refractivity contribution in [1.82, 2.24) is 20.0 Å². The van der Waals surface area contributed by atoms with Crippen molar-refractivity contribution < 1.29 is 14.4 Å². The Balaban J connectivity index is 1.52. The van der Waals surface area contributed by atoms with Gasteiger partial charge in [-0.2, -0.15) is 0 Å². The van der Waals surface area contributed by atoms with Gasteiger partial charge >= 0.3 is 0 Å². The van der Waals surface area contributed by atoms with Crippen LogP contribution in [0.1, 0.15) is 55.5 Å². The van der Waals surface area contributed by atoms with Crippen LogP contribution >= 0.6 is 0 Å². The molecule has 3 amide bonds. The fourth-order valence-electron chi connectivity index (χ4n) is 4.49. The van der Waals surface area contributed by atoms with Gasteiger partial charge in [-0.05, 0) is 37.3 Å². The van der Waals surface area contributed by atoms with Crippen LogP contribution in [0, 0.1) is 12.8 Å². The zero-order valence-electron chi connectivity index (χ0n) is 19.8. The molecule has 7 heteroatoms.